The van der Waals surface area contributed by atoms with Crippen molar-refractivity contribution in [3.8, 4) is 0 Å². The molecule has 2 fully saturated rings. The van der Waals surface area contributed by atoms with Gasteiger partial charge in [-0.3, -0.25) is 14.6 Å². The van der Waals surface area contributed by atoms with Crippen LogP contribution in [0.15, 0.2) is 46.0 Å². The van der Waals surface area contributed by atoms with Crippen molar-refractivity contribution >= 4 is 33.0 Å². The van der Waals surface area contributed by atoms with Crippen LogP contribution >= 0.6 is 11.3 Å². The molecule has 31 heavy (non-hydrogen) atoms. The van der Waals surface area contributed by atoms with Gasteiger partial charge >= 0.3 is 0 Å². The summed E-state index contributed by atoms with van der Waals surface area (Å²) in [5, 5.41) is 7.22. The number of thiophene rings is 1. The van der Waals surface area contributed by atoms with E-state index in [9.17, 15) is 13.2 Å². The minimum atomic E-state index is -3.43. The van der Waals surface area contributed by atoms with Crippen LogP contribution in [-0.2, 0) is 21.4 Å². The molecule has 2 aromatic rings. The van der Waals surface area contributed by atoms with E-state index < -0.39 is 10.0 Å². The molecular formula is C22H30N4O3S2. The fraction of sp³-hybridized carbons (Fsp3) is 0.500. The van der Waals surface area contributed by atoms with E-state index in [2.05, 4.69) is 31.9 Å². The van der Waals surface area contributed by atoms with E-state index in [4.69, 9.17) is 0 Å². The first-order chi connectivity index (χ1) is 14.9. The van der Waals surface area contributed by atoms with Gasteiger partial charge < -0.3 is 5.32 Å². The van der Waals surface area contributed by atoms with Gasteiger partial charge in [-0.2, -0.15) is 15.6 Å². The molecule has 1 N–H and O–H groups in total. The molecule has 0 bridgehead atoms. The lowest BCUT2D eigenvalue weighted by Crippen LogP contribution is -2.52. The van der Waals surface area contributed by atoms with E-state index >= 15 is 0 Å². The fourth-order valence-electron chi connectivity index (χ4n) is 4.15. The standard InChI is InChI=1S/C22H30N4O3S2/c1-18(25-13-11-24(12-14-25)16-19-8-15-30-17-19)22(27)23-20-4-6-21(7-5-20)31(28,29)26-9-2-3-10-26/h4-8,15,17-18H,2-3,9-14,16H2,1H3,(H,23,27)/t18-/m0/s1. The monoisotopic (exact) mass is 462 g/mol. The third kappa shape index (κ3) is 5.35. The molecule has 1 atom stereocenters. The smallest absolute Gasteiger partial charge is 0.243 e. The van der Waals surface area contributed by atoms with Gasteiger partial charge in [0, 0.05) is 51.5 Å². The first-order valence-electron chi connectivity index (χ1n) is 10.8. The summed E-state index contributed by atoms with van der Waals surface area (Å²) < 4.78 is 26.8. The van der Waals surface area contributed by atoms with Gasteiger partial charge in [0.05, 0.1) is 10.9 Å². The highest BCUT2D eigenvalue weighted by Crippen LogP contribution is 2.22. The molecule has 2 saturated heterocycles. The van der Waals surface area contributed by atoms with Crippen molar-refractivity contribution in [2.75, 3.05) is 44.6 Å². The first kappa shape index (κ1) is 22.4. The zero-order valence-corrected chi connectivity index (χ0v) is 19.5. The lowest BCUT2D eigenvalue weighted by Gasteiger charge is -2.37. The second-order valence-electron chi connectivity index (χ2n) is 8.24. The van der Waals surface area contributed by atoms with Crippen molar-refractivity contribution in [1.29, 1.82) is 0 Å². The van der Waals surface area contributed by atoms with Crippen LogP contribution in [0.4, 0.5) is 5.69 Å². The van der Waals surface area contributed by atoms with E-state index in [0.717, 1.165) is 45.6 Å². The topological polar surface area (TPSA) is 73.0 Å². The van der Waals surface area contributed by atoms with E-state index in [-0.39, 0.29) is 16.8 Å². The molecule has 2 aliphatic rings. The predicted molar refractivity (Wildman–Crippen MR) is 124 cm³/mol. The third-order valence-corrected chi connectivity index (χ3v) is 8.79. The Morgan fingerprint density at radius 3 is 2.32 bits per heavy atom. The molecule has 9 heteroatoms. The van der Waals surface area contributed by atoms with Crippen LogP contribution in [0.25, 0.3) is 0 Å². The Balaban J connectivity index is 1.29. The van der Waals surface area contributed by atoms with E-state index in [1.807, 2.05) is 6.92 Å². The summed E-state index contributed by atoms with van der Waals surface area (Å²) in [7, 11) is -3.43. The maximum Gasteiger partial charge on any atom is 0.243 e. The maximum atomic E-state index is 12.7. The number of carbonyl (C=O) groups excluding carboxylic acids is 1. The minimum absolute atomic E-state index is 0.0681. The number of piperazine rings is 1. The Morgan fingerprint density at radius 2 is 1.71 bits per heavy atom. The Kier molecular flexibility index (Phi) is 7.08. The Bertz CT molecular complexity index is 963. The summed E-state index contributed by atoms with van der Waals surface area (Å²) in [5.41, 5.74) is 1.97. The number of hydrogen-bond donors (Lipinski definition) is 1. The van der Waals surface area contributed by atoms with Crippen molar-refractivity contribution in [2.24, 2.45) is 0 Å². The molecule has 2 aliphatic heterocycles. The van der Waals surface area contributed by atoms with Gasteiger partial charge in [0.1, 0.15) is 0 Å². The molecule has 0 radical (unpaired) electrons. The van der Waals surface area contributed by atoms with Gasteiger partial charge in [-0.05, 0) is 66.4 Å². The molecule has 3 heterocycles. The quantitative estimate of drug-likeness (QED) is 0.685. The molecule has 1 aromatic carbocycles. The SMILES string of the molecule is C[C@@H](C(=O)Nc1ccc(S(=O)(=O)N2CCCC2)cc1)N1CCN(Cc2ccsc2)CC1. The van der Waals surface area contributed by atoms with Crippen LogP contribution in [-0.4, -0.2) is 73.7 Å². The average Bonchev–Trinajstić information content (AvgIpc) is 3.49. The van der Waals surface area contributed by atoms with Gasteiger partial charge in [0.2, 0.25) is 15.9 Å². The number of anilines is 1. The lowest BCUT2D eigenvalue weighted by molar-refractivity contribution is -0.121. The highest BCUT2D eigenvalue weighted by atomic mass is 32.2. The summed E-state index contributed by atoms with van der Waals surface area (Å²) in [6, 6.07) is 8.43. The molecule has 1 aromatic heterocycles. The number of amides is 1. The second-order valence-corrected chi connectivity index (χ2v) is 11.0. The molecule has 4 rings (SSSR count). The van der Waals surface area contributed by atoms with Crippen LogP contribution in [0.2, 0.25) is 0 Å². The van der Waals surface area contributed by atoms with Crippen LogP contribution in [0, 0.1) is 0 Å². The Hall–Kier alpha value is -1.78. The van der Waals surface area contributed by atoms with Crippen LogP contribution in [0.5, 0.6) is 0 Å². The molecule has 0 unspecified atom stereocenters. The highest BCUT2D eigenvalue weighted by Gasteiger charge is 2.28. The summed E-state index contributed by atoms with van der Waals surface area (Å²) in [6.07, 6.45) is 1.82. The van der Waals surface area contributed by atoms with Gasteiger partial charge in [-0.25, -0.2) is 8.42 Å². The van der Waals surface area contributed by atoms with Gasteiger partial charge in [0.25, 0.3) is 0 Å². The summed E-state index contributed by atoms with van der Waals surface area (Å²) in [5.74, 6) is -0.0681. The van der Waals surface area contributed by atoms with Crippen LogP contribution in [0.1, 0.15) is 25.3 Å². The lowest BCUT2D eigenvalue weighted by atomic mass is 10.2. The van der Waals surface area contributed by atoms with Gasteiger partial charge in [-0.1, -0.05) is 0 Å². The van der Waals surface area contributed by atoms with E-state index in [1.165, 1.54) is 9.87 Å². The number of nitrogens with one attached hydrogen (secondary N) is 1. The summed E-state index contributed by atoms with van der Waals surface area (Å²) in [4.78, 5) is 17.6. The van der Waals surface area contributed by atoms with Crippen molar-refractivity contribution < 1.29 is 13.2 Å². The number of carbonyl (C=O) groups is 1. The zero-order chi connectivity index (χ0) is 21.8. The number of nitrogens with zero attached hydrogens (tertiary/aromatic N) is 3. The fourth-order valence-corrected chi connectivity index (χ4v) is 6.33. The normalized spacial score (nSPS) is 20.0. The van der Waals surface area contributed by atoms with Crippen molar-refractivity contribution in [1.82, 2.24) is 14.1 Å². The van der Waals surface area contributed by atoms with Crippen molar-refractivity contribution in [2.45, 2.75) is 37.2 Å². The number of benzene rings is 1. The molecule has 0 aliphatic carbocycles. The molecule has 168 valence electrons. The summed E-state index contributed by atoms with van der Waals surface area (Å²) in [6.45, 7) is 7.64. The Labute approximate surface area is 188 Å². The first-order valence-corrected chi connectivity index (χ1v) is 13.2. The molecule has 1 amide bonds. The Morgan fingerprint density at radius 1 is 1.03 bits per heavy atom. The van der Waals surface area contributed by atoms with E-state index in [1.54, 1.807) is 35.6 Å². The van der Waals surface area contributed by atoms with Crippen molar-refractivity contribution in [3.05, 3.63) is 46.7 Å². The molecule has 7 nitrogen and oxygen atoms in total. The number of rotatable bonds is 7. The predicted octanol–water partition coefficient (Wildman–Crippen LogP) is 2.68. The number of hydrogen-bond acceptors (Lipinski definition) is 6. The van der Waals surface area contributed by atoms with Crippen LogP contribution < -0.4 is 5.32 Å². The second kappa shape index (κ2) is 9.79. The largest absolute Gasteiger partial charge is 0.325 e. The number of sulfonamides is 1. The van der Waals surface area contributed by atoms with Crippen LogP contribution in [0.3, 0.4) is 0 Å². The molecule has 0 spiro atoms. The maximum absolute atomic E-state index is 12.7. The molecular weight excluding hydrogens is 432 g/mol. The van der Waals surface area contributed by atoms with E-state index in [0.29, 0.717) is 18.8 Å². The van der Waals surface area contributed by atoms with Crippen molar-refractivity contribution in [3.63, 3.8) is 0 Å². The molecule has 0 saturated carbocycles. The average molecular weight is 463 g/mol. The van der Waals surface area contributed by atoms with Gasteiger partial charge in [-0.15, -0.1) is 0 Å². The van der Waals surface area contributed by atoms with Gasteiger partial charge in [0.15, 0.2) is 0 Å². The minimum Gasteiger partial charge on any atom is -0.325 e. The third-order valence-electron chi connectivity index (χ3n) is 6.14. The summed E-state index contributed by atoms with van der Waals surface area (Å²) >= 11 is 1.72. The highest BCUT2D eigenvalue weighted by molar-refractivity contribution is 7.89. The zero-order valence-electron chi connectivity index (χ0n) is 17.9.